The molecular formula is C11H21ClO. The second-order valence-corrected chi connectivity index (χ2v) is 3.79. The second kappa shape index (κ2) is 8.43. The lowest BCUT2D eigenvalue weighted by Gasteiger charge is -2.04. The summed E-state index contributed by atoms with van der Waals surface area (Å²) in [5.41, 5.74) is 0. The Morgan fingerprint density at radius 1 is 1.15 bits per heavy atom. The molecule has 0 aromatic rings. The Labute approximate surface area is 87.1 Å². The van der Waals surface area contributed by atoms with Crippen LogP contribution >= 0.6 is 11.6 Å². The molecule has 0 saturated heterocycles. The number of methoxy groups -OCH3 is 1. The van der Waals surface area contributed by atoms with Crippen LogP contribution in [0.2, 0.25) is 0 Å². The normalized spacial score (nSPS) is 12.6. The molecule has 13 heavy (non-hydrogen) atoms. The average Bonchev–Trinajstić information content (AvgIpc) is 2.16. The van der Waals surface area contributed by atoms with Crippen LogP contribution < -0.4 is 0 Å². The molecule has 2 heteroatoms. The molecule has 0 heterocycles. The molecule has 0 radical (unpaired) electrons. The maximum Gasteiger partial charge on any atom is 0.107 e. The summed E-state index contributed by atoms with van der Waals surface area (Å²) in [6.45, 7) is 4.14. The molecular weight excluding hydrogens is 184 g/mol. The molecule has 0 N–H and O–H groups in total. The van der Waals surface area contributed by atoms with Crippen LogP contribution in [0.4, 0.5) is 0 Å². The summed E-state index contributed by atoms with van der Waals surface area (Å²) in [4.78, 5) is 0. The van der Waals surface area contributed by atoms with Crippen molar-refractivity contribution in [2.75, 3.05) is 7.11 Å². The lowest BCUT2D eigenvalue weighted by molar-refractivity contribution is 0.290. The Morgan fingerprint density at radius 2 is 1.77 bits per heavy atom. The van der Waals surface area contributed by atoms with Crippen molar-refractivity contribution in [3.05, 3.63) is 10.8 Å². The fourth-order valence-corrected chi connectivity index (χ4v) is 1.38. The first kappa shape index (κ1) is 12.8. The summed E-state index contributed by atoms with van der Waals surface area (Å²) in [7, 11) is 1.66. The highest BCUT2D eigenvalue weighted by Gasteiger charge is 1.98. The summed E-state index contributed by atoms with van der Waals surface area (Å²) in [5, 5.41) is 0.874. The lowest BCUT2D eigenvalue weighted by Crippen LogP contribution is -1.86. The van der Waals surface area contributed by atoms with Crippen LogP contribution in [0.25, 0.3) is 0 Å². The van der Waals surface area contributed by atoms with Gasteiger partial charge in [0.1, 0.15) is 5.76 Å². The first-order valence-corrected chi connectivity index (χ1v) is 5.49. The quantitative estimate of drug-likeness (QED) is 0.440. The van der Waals surface area contributed by atoms with Crippen LogP contribution in [-0.2, 0) is 4.74 Å². The van der Waals surface area contributed by atoms with Crippen LogP contribution in [0, 0.1) is 0 Å². The Hall–Kier alpha value is -0.170. The van der Waals surface area contributed by atoms with Crippen LogP contribution in [0.1, 0.15) is 52.4 Å². The van der Waals surface area contributed by atoms with Crippen LogP contribution in [-0.4, -0.2) is 7.11 Å². The van der Waals surface area contributed by atoms with Gasteiger partial charge in [-0.3, -0.25) is 0 Å². The topological polar surface area (TPSA) is 9.23 Å². The fourth-order valence-electron chi connectivity index (χ4n) is 1.17. The van der Waals surface area contributed by atoms with Crippen molar-refractivity contribution in [1.82, 2.24) is 0 Å². The molecule has 0 aromatic heterocycles. The van der Waals surface area contributed by atoms with E-state index in [0.29, 0.717) is 0 Å². The Balaban J connectivity index is 3.42. The lowest BCUT2D eigenvalue weighted by atomic mass is 10.1. The minimum Gasteiger partial charge on any atom is -0.500 e. The van der Waals surface area contributed by atoms with Gasteiger partial charge in [0.05, 0.1) is 12.1 Å². The molecule has 78 valence electrons. The minimum absolute atomic E-state index is 0.858. The van der Waals surface area contributed by atoms with Gasteiger partial charge in [0.2, 0.25) is 0 Å². The third-order valence-corrected chi connectivity index (χ3v) is 2.64. The molecule has 0 unspecified atom stereocenters. The number of rotatable bonds is 7. The highest BCUT2D eigenvalue weighted by atomic mass is 35.5. The van der Waals surface area contributed by atoms with Gasteiger partial charge in [-0.05, 0) is 19.8 Å². The van der Waals surface area contributed by atoms with Gasteiger partial charge >= 0.3 is 0 Å². The van der Waals surface area contributed by atoms with E-state index in [4.69, 9.17) is 16.3 Å². The van der Waals surface area contributed by atoms with Gasteiger partial charge in [-0.15, -0.1) is 0 Å². The van der Waals surface area contributed by atoms with E-state index in [1.54, 1.807) is 7.11 Å². The van der Waals surface area contributed by atoms with Gasteiger partial charge in [-0.2, -0.15) is 0 Å². The number of halogens is 1. The second-order valence-electron chi connectivity index (χ2n) is 3.33. The number of hydrogen-bond acceptors (Lipinski definition) is 1. The van der Waals surface area contributed by atoms with Gasteiger partial charge in [-0.25, -0.2) is 0 Å². The summed E-state index contributed by atoms with van der Waals surface area (Å²) >= 11 is 6.00. The summed E-state index contributed by atoms with van der Waals surface area (Å²) < 4.78 is 5.04. The van der Waals surface area contributed by atoms with Gasteiger partial charge in [0.15, 0.2) is 0 Å². The number of unbranched alkanes of at least 4 members (excludes halogenated alkanes) is 4. The van der Waals surface area contributed by atoms with E-state index in [1.807, 2.05) is 6.92 Å². The summed E-state index contributed by atoms with van der Waals surface area (Å²) in [5.74, 6) is 0.858. The minimum atomic E-state index is 0.858. The fraction of sp³-hybridized carbons (Fsp3) is 0.818. The highest BCUT2D eigenvalue weighted by molar-refractivity contribution is 6.29. The zero-order chi connectivity index (χ0) is 10.1. The van der Waals surface area contributed by atoms with Crippen LogP contribution in [0.3, 0.4) is 0 Å². The molecule has 0 atom stereocenters. The predicted molar refractivity (Wildman–Crippen MR) is 58.9 cm³/mol. The van der Waals surface area contributed by atoms with E-state index in [2.05, 4.69) is 6.92 Å². The van der Waals surface area contributed by atoms with Crippen molar-refractivity contribution in [3.63, 3.8) is 0 Å². The molecule has 1 nitrogen and oxygen atoms in total. The van der Waals surface area contributed by atoms with Crippen molar-refractivity contribution in [3.8, 4) is 0 Å². The maximum atomic E-state index is 6.00. The highest BCUT2D eigenvalue weighted by Crippen LogP contribution is 2.18. The number of ether oxygens (including phenoxy) is 1. The summed E-state index contributed by atoms with van der Waals surface area (Å²) in [6, 6.07) is 0. The van der Waals surface area contributed by atoms with Gasteiger partial charge in [-0.1, -0.05) is 44.2 Å². The van der Waals surface area contributed by atoms with Crippen molar-refractivity contribution < 1.29 is 4.74 Å². The smallest absolute Gasteiger partial charge is 0.107 e. The van der Waals surface area contributed by atoms with E-state index in [0.717, 1.165) is 17.2 Å². The molecule has 0 aromatic carbocycles. The van der Waals surface area contributed by atoms with E-state index in [9.17, 15) is 0 Å². The van der Waals surface area contributed by atoms with E-state index in [-0.39, 0.29) is 0 Å². The molecule has 0 spiro atoms. The van der Waals surface area contributed by atoms with Gasteiger partial charge in [0, 0.05) is 0 Å². The zero-order valence-corrected chi connectivity index (χ0v) is 9.78. The molecule has 0 amide bonds. The van der Waals surface area contributed by atoms with Crippen molar-refractivity contribution in [1.29, 1.82) is 0 Å². The van der Waals surface area contributed by atoms with Gasteiger partial charge in [0.25, 0.3) is 0 Å². The molecule has 0 aliphatic heterocycles. The predicted octanol–water partition coefficient (Wildman–Crippen LogP) is 4.46. The maximum absolute atomic E-state index is 6.00. The van der Waals surface area contributed by atoms with Crippen LogP contribution in [0.5, 0.6) is 0 Å². The Morgan fingerprint density at radius 3 is 2.31 bits per heavy atom. The molecule has 0 bridgehead atoms. The van der Waals surface area contributed by atoms with E-state index >= 15 is 0 Å². The molecule has 0 aliphatic rings. The Kier molecular flexibility index (Phi) is 8.32. The van der Waals surface area contributed by atoms with E-state index < -0.39 is 0 Å². The Bertz CT molecular complexity index is 152. The number of hydrogen-bond donors (Lipinski definition) is 0. The molecule has 0 rings (SSSR count). The summed E-state index contributed by atoms with van der Waals surface area (Å²) in [6.07, 6.45) is 7.38. The van der Waals surface area contributed by atoms with Crippen molar-refractivity contribution in [2.24, 2.45) is 0 Å². The van der Waals surface area contributed by atoms with E-state index in [1.165, 1.54) is 32.1 Å². The van der Waals surface area contributed by atoms with Gasteiger partial charge < -0.3 is 4.74 Å². The van der Waals surface area contributed by atoms with Crippen molar-refractivity contribution >= 4 is 11.6 Å². The third kappa shape index (κ3) is 6.94. The SMILES string of the molecule is CCCCCCCC(Cl)=C(C)OC. The van der Waals surface area contributed by atoms with Crippen molar-refractivity contribution in [2.45, 2.75) is 52.4 Å². The average molecular weight is 205 g/mol. The largest absolute Gasteiger partial charge is 0.500 e. The molecule has 0 saturated carbocycles. The van der Waals surface area contributed by atoms with Crippen LogP contribution in [0.15, 0.2) is 10.8 Å². The number of allylic oxidation sites excluding steroid dienone is 2. The molecule has 0 fully saturated rings. The first-order valence-electron chi connectivity index (χ1n) is 5.11. The first-order chi connectivity index (χ1) is 6.22. The third-order valence-electron chi connectivity index (χ3n) is 2.19. The monoisotopic (exact) mass is 204 g/mol. The standard InChI is InChI=1S/C11H21ClO/c1-4-5-6-7-8-9-11(12)10(2)13-3/h4-9H2,1-3H3. The zero-order valence-electron chi connectivity index (χ0n) is 9.03. The molecule has 0 aliphatic carbocycles.